The van der Waals surface area contributed by atoms with Crippen molar-refractivity contribution in [2.45, 2.75) is 33.1 Å². The van der Waals surface area contributed by atoms with Crippen LogP contribution in [0.15, 0.2) is 10.9 Å². The van der Waals surface area contributed by atoms with Gasteiger partial charge in [-0.25, -0.2) is 0 Å². The predicted molar refractivity (Wildman–Crippen MR) is 71.5 cm³/mol. The van der Waals surface area contributed by atoms with Crippen molar-refractivity contribution in [3.8, 4) is 0 Å². The Labute approximate surface area is 111 Å². The first-order valence-corrected chi connectivity index (χ1v) is 6.56. The van der Waals surface area contributed by atoms with Crippen molar-refractivity contribution in [1.29, 1.82) is 0 Å². The molecule has 2 rings (SSSR count). The van der Waals surface area contributed by atoms with E-state index in [1.807, 2.05) is 13.8 Å². The van der Waals surface area contributed by atoms with Gasteiger partial charge in [-0.15, -0.1) is 0 Å². The maximum atomic E-state index is 11.9. The lowest BCUT2D eigenvalue weighted by atomic mass is 9.93. The number of ketones is 1. The molecule has 0 atom stereocenters. The van der Waals surface area contributed by atoms with E-state index in [1.165, 1.54) is 6.07 Å². The van der Waals surface area contributed by atoms with Crippen molar-refractivity contribution in [2.24, 2.45) is 5.92 Å². The van der Waals surface area contributed by atoms with E-state index in [1.54, 1.807) is 0 Å². The Balaban J connectivity index is 2.31. The number of aryl methyl sites for hydroxylation is 1. The number of Topliss-reactive ketones (excluding diaryl/α,β-unsaturated/α-hetero) is 1. The lowest BCUT2D eigenvalue weighted by Crippen LogP contribution is -2.33. The highest BCUT2D eigenvalue weighted by atomic mass is 16.2. The standard InChI is InChI=1S/C14H18N2O3/c1-8(2)7-15-13(18)10-6-9-11(16-14(10)19)4-3-5-12(9)17/h6,8H,3-5,7H2,1-2H3,(H,15,18)(H,16,19). The first-order valence-electron chi connectivity index (χ1n) is 6.56. The first-order chi connectivity index (χ1) is 8.99. The Morgan fingerprint density at radius 2 is 2.11 bits per heavy atom. The lowest BCUT2D eigenvalue weighted by molar-refractivity contribution is 0.0947. The van der Waals surface area contributed by atoms with Crippen molar-refractivity contribution >= 4 is 11.7 Å². The number of rotatable bonds is 3. The highest BCUT2D eigenvalue weighted by Crippen LogP contribution is 2.18. The molecule has 1 aromatic rings. The summed E-state index contributed by atoms with van der Waals surface area (Å²) in [5, 5.41) is 2.69. The number of amides is 1. The smallest absolute Gasteiger partial charge is 0.261 e. The monoisotopic (exact) mass is 262 g/mol. The van der Waals surface area contributed by atoms with E-state index in [0.29, 0.717) is 36.6 Å². The molecule has 0 aliphatic heterocycles. The van der Waals surface area contributed by atoms with Crippen molar-refractivity contribution in [3.63, 3.8) is 0 Å². The van der Waals surface area contributed by atoms with Gasteiger partial charge in [0.25, 0.3) is 11.5 Å². The molecule has 2 N–H and O–H groups in total. The van der Waals surface area contributed by atoms with Crippen molar-refractivity contribution < 1.29 is 9.59 Å². The van der Waals surface area contributed by atoms with Crippen LogP contribution in [0.25, 0.3) is 0 Å². The molecular weight excluding hydrogens is 244 g/mol. The molecule has 0 unspecified atom stereocenters. The van der Waals surface area contributed by atoms with Crippen LogP contribution >= 0.6 is 0 Å². The highest BCUT2D eigenvalue weighted by molar-refractivity contribution is 6.01. The van der Waals surface area contributed by atoms with Gasteiger partial charge in [0, 0.05) is 24.2 Å². The van der Waals surface area contributed by atoms with E-state index in [9.17, 15) is 14.4 Å². The van der Waals surface area contributed by atoms with Gasteiger partial charge >= 0.3 is 0 Å². The molecule has 5 heteroatoms. The number of aromatic nitrogens is 1. The van der Waals surface area contributed by atoms with Crippen LogP contribution in [0.1, 0.15) is 53.1 Å². The van der Waals surface area contributed by atoms with Crippen molar-refractivity contribution in [2.75, 3.05) is 6.54 Å². The zero-order chi connectivity index (χ0) is 14.0. The van der Waals surface area contributed by atoms with Crippen LogP contribution in [0, 0.1) is 5.92 Å². The van der Waals surface area contributed by atoms with E-state index in [0.717, 1.165) is 6.42 Å². The molecule has 1 heterocycles. The number of H-pyrrole nitrogens is 1. The average molecular weight is 262 g/mol. The summed E-state index contributed by atoms with van der Waals surface area (Å²) >= 11 is 0. The molecule has 0 spiro atoms. The molecule has 1 aliphatic rings. The Hall–Kier alpha value is -1.91. The second-order valence-electron chi connectivity index (χ2n) is 5.28. The first kappa shape index (κ1) is 13.5. The summed E-state index contributed by atoms with van der Waals surface area (Å²) in [6.45, 7) is 4.45. The number of carbonyl (C=O) groups excluding carboxylic acids is 2. The zero-order valence-corrected chi connectivity index (χ0v) is 11.2. The van der Waals surface area contributed by atoms with Gasteiger partial charge in [0.1, 0.15) is 5.56 Å². The zero-order valence-electron chi connectivity index (χ0n) is 11.2. The fourth-order valence-corrected chi connectivity index (χ4v) is 2.14. The molecule has 5 nitrogen and oxygen atoms in total. The van der Waals surface area contributed by atoms with Crippen LogP contribution in [0.5, 0.6) is 0 Å². The van der Waals surface area contributed by atoms with Crippen molar-refractivity contribution in [3.05, 3.63) is 33.2 Å². The molecule has 0 saturated carbocycles. The van der Waals surface area contributed by atoms with Gasteiger partial charge in [0.2, 0.25) is 0 Å². The third-order valence-corrected chi connectivity index (χ3v) is 3.17. The maximum absolute atomic E-state index is 11.9. The minimum atomic E-state index is -0.422. The van der Waals surface area contributed by atoms with E-state index >= 15 is 0 Å². The molecule has 1 aromatic heterocycles. The van der Waals surface area contributed by atoms with Gasteiger partial charge in [-0.05, 0) is 24.8 Å². The van der Waals surface area contributed by atoms with E-state index < -0.39 is 11.5 Å². The molecule has 0 saturated heterocycles. The second-order valence-corrected chi connectivity index (χ2v) is 5.28. The molecular formula is C14H18N2O3. The van der Waals surface area contributed by atoms with E-state index in [-0.39, 0.29) is 11.3 Å². The minimum absolute atomic E-state index is 0.00425. The number of aromatic amines is 1. The minimum Gasteiger partial charge on any atom is -0.352 e. The van der Waals surface area contributed by atoms with Crippen LogP contribution in [-0.4, -0.2) is 23.2 Å². The maximum Gasteiger partial charge on any atom is 0.261 e. The van der Waals surface area contributed by atoms with Gasteiger partial charge in [0.05, 0.1) is 0 Å². The Morgan fingerprint density at radius 1 is 1.37 bits per heavy atom. The molecule has 0 radical (unpaired) electrons. The second kappa shape index (κ2) is 5.38. The number of hydrogen-bond acceptors (Lipinski definition) is 3. The lowest BCUT2D eigenvalue weighted by Gasteiger charge is -2.15. The summed E-state index contributed by atoms with van der Waals surface area (Å²) in [6.07, 6.45) is 1.91. The van der Waals surface area contributed by atoms with E-state index in [2.05, 4.69) is 10.3 Å². The van der Waals surface area contributed by atoms with E-state index in [4.69, 9.17) is 0 Å². The van der Waals surface area contributed by atoms with Crippen LogP contribution in [-0.2, 0) is 6.42 Å². The SMILES string of the molecule is CC(C)CNC(=O)c1cc2c([nH]c1=O)CCCC2=O. The number of pyridine rings is 1. The number of nitrogens with one attached hydrogen (secondary N) is 2. The largest absolute Gasteiger partial charge is 0.352 e. The normalized spacial score (nSPS) is 14.4. The molecule has 1 aliphatic carbocycles. The van der Waals surface area contributed by atoms with Crippen LogP contribution in [0.2, 0.25) is 0 Å². The molecule has 19 heavy (non-hydrogen) atoms. The average Bonchev–Trinajstić information content (AvgIpc) is 2.35. The van der Waals surface area contributed by atoms with Crippen LogP contribution in [0.3, 0.4) is 0 Å². The van der Waals surface area contributed by atoms with Gasteiger partial charge in [-0.2, -0.15) is 0 Å². The Bertz CT molecular complexity index is 573. The van der Waals surface area contributed by atoms with Crippen LogP contribution in [0.4, 0.5) is 0 Å². The summed E-state index contributed by atoms with van der Waals surface area (Å²) in [5.41, 5.74) is 0.742. The van der Waals surface area contributed by atoms with Crippen LogP contribution < -0.4 is 10.9 Å². The molecule has 1 amide bonds. The third kappa shape index (κ3) is 2.92. The van der Waals surface area contributed by atoms with Gasteiger partial charge in [-0.3, -0.25) is 14.4 Å². The molecule has 0 bridgehead atoms. The molecule has 0 fully saturated rings. The summed E-state index contributed by atoms with van der Waals surface area (Å²) in [5.74, 6) is -0.117. The fourth-order valence-electron chi connectivity index (χ4n) is 2.14. The molecule has 102 valence electrons. The summed E-state index contributed by atoms with van der Waals surface area (Å²) in [6, 6.07) is 1.44. The topological polar surface area (TPSA) is 79.0 Å². The van der Waals surface area contributed by atoms with Crippen molar-refractivity contribution in [1.82, 2.24) is 10.3 Å². The number of carbonyl (C=O) groups is 2. The van der Waals surface area contributed by atoms with Gasteiger partial charge in [-0.1, -0.05) is 13.8 Å². The quantitative estimate of drug-likeness (QED) is 0.861. The fraction of sp³-hybridized carbons (Fsp3) is 0.500. The number of fused-ring (bicyclic) bond motifs is 1. The third-order valence-electron chi connectivity index (χ3n) is 3.17. The summed E-state index contributed by atoms with van der Waals surface area (Å²) in [7, 11) is 0. The highest BCUT2D eigenvalue weighted by Gasteiger charge is 2.21. The van der Waals surface area contributed by atoms with Gasteiger partial charge in [0.15, 0.2) is 5.78 Å². The Kier molecular flexibility index (Phi) is 3.83. The number of hydrogen-bond donors (Lipinski definition) is 2. The molecule has 0 aromatic carbocycles. The Morgan fingerprint density at radius 3 is 2.79 bits per heavy atom. The summed E-state index contributed by atoms with van der Waals surface area (Å²) in [4.78, 5) is 38.2. The van der Waals surface area contributed by atoms with Gasteiger partial charge < -0.3 is 10.3 Å². The summed E-state index contributed by atoms with van der Waals surface area (Å²) < 4.78 is 0. The predicted octanol–water partition coefficient (Wildman–Crippen LogP) is 1.28.